The zero-order valence-corrected chi connectivity index (χ0v) is 18.3. The van der Waals surface area contributed by atoms with Gasteiger partial charge in [0.1, 0.15) is 11.1 Å². The third-order valence-corrected chi connectivity index (χ3v) is 6.32. The number of carbonyl (C=O) groups excluding carboxylic acids is 2. The van der Waals surface area contributed by atoms with Crippen LogP contribution in [0.1, 0.15) is 33.8 Å². The Bertz CT molecular complexity index is 1120. The predicted molar refractivity (Wildman–Crippen MR) is 126 cm³/mol. The SMILES string of the molecule is CCOc1ccccc1N1C(=O)CS[C@H]1c1cccc(NC(=O)c2ccccc2C)c1. The topological polar surface area (TPSA) is 58.6 Å². The molecule has 3 aromatic carbocycles. The van der Waals surface area contributed by atoms with E-state index in [9.17, 15) is 9.59 Å². The van der Waals surface area contributed by atoms with Crippen molar-refractivity contribution in [1.82, 2.24) is 0 Å². The molecule has 0 bridgehead atoms. The van der Waals surface area contributed by atoms with Crippen molar-refractivity contribution in [2.24, 2.45) is 0 Å². The third-order valence-electron chi connectivity index (χ3n) is 5.11. The Kier molecular flexibility index (Phi) is 6.28. The van der Waals surface area contributed by atoms with Crippen LogP contribution in [0.25, 0.3) is 0 Å². The van der Waals surface area contributed by atoms with E-state index >= 15 is 0 Å². The lowest BCUT2D eigenvalue weighted by Gasteiger charge is -2.26. The molecule has 1 heterocycles. The van der Waals surface area contributed by atoms with Crippen LogP contribution < -0.4 is 15.0 Å². The number of carbonyl (C=O) groups is 2. The largest absolute Gasteiger partial charge is 0.492 e. The molecule has 1 atom stereocenters. The molecule has 1 saturated heterocycles. The summed E-state index contributed by atoms with van der Waals surface area (Å²) >= 11 is 1.57. The summed E-state index contributed by atoms with van der Waals surface area (Å²) in [6.45, 7) is 4.37. The number of aryl methyl sites for hydroxylation is 1. The van der Waals surface area contributed by atoms with Gasteiger partial charge < -0.3 is 10.1 Å². The van der Waals surface area contributed by atoms with E-state index in [-0.39, 0.29) is 17.2 Å². The molecular weight excluding hydrogens is 408 g/mol. The van der Waals surface area contributed by atoms with Crippen LogP contribution in [0.2, 0.25) is 0 Å². The smallest absolute Gasteiger partial charge is 0.255 e. The number of hydrogen-bond acceptors (Lipinski definition) is 4. The molecule has 1 fully saturated rings. The van der Waals surface area contributed by atoms with Gasteiger partial charge in [-0.2, -0.15) is 0 Å². The standard InChI is InChI=1S/C25H24N2O3S/c1-3-30-22-14-7-6-13-21(22)27-23(28)16-31-25(27)18-10-8-11-19(15-18)26-24(29)20-12-5-4-9-17(20)2/h4-15,25H,3,16H2,1-2H3,(H,26,29)/t25-/m0/s1. The van der Waals surface area contributed by atoms with Gasteiger partial charge in [-0.1, -0.05) is 42.5 Å². The van der Waals surface area contributed by atoms with Gasteiger partial charge in [0.05, 0.1) is 18.0 Å². The van der Waals surface area contributed by atoms with Gasteiger partial charge >= 0.3 is 0 Å². The molecule has 0 radical (unpaired) electrons. The molecule has 0 aromatic heterocycles. The molecule has 1 aliphatic rings. The van der Waals surface area contributed by atoms with E-state index in [2.05, 4.69) is 5.32 Å². The summed E-state index contributed by atoms with van der Waals surface area (Å²) in [5, 5.41) is 2.79. The first kappa shape index (κ1) is 21.0. The summed E-state index contributed by atoms with van der Waals surface area (Å²) < 4.78 is 5.76. The van der Waals surface area contributed by atoms with E-state index in [0.29, 0.717) is 29.4 Å². The van der Waals surface area contributed by atoms with E-state index in [4.69, 9.17) is 4.74 Å². The van der Waals surface area contributed by atoms with Crippen molar-refractivity contribution >= 4 is 35.0 Å². The highest BCUT2D eigenvalue weighted by Crippen LogP contribution is 2.45. The second-order valence-electron chi connectivity index (χ2n) is 7.22. The van der Waals surface area contributed by atoms with E-state index in [1.54, 1.807) is 16.7 Å². The Morgan fingerprint density at radius 2 is 1.87 bits per heavy atom. The molecular formula is C25H24N2O3S. The Balaban J connectivity index is 1.62. The minimum absolute atomic E-state index is 0.0384. The number of ether oxygens (including phenoxy) is 1. The van der Waals surface area contributed by atoms with Gasteiger partial charge in [-0.25, -0.2) is 0 Å². The van der Waals surface area contributed by atoms with Crippen LogP contribution in [0.5, 0.6) is 5.75 Å². The van der Waals surface area contributed by atoms with Crippen molar-refractivity contribution in [3.05, 3.63) is 89.5 Å². The number of thioether (sulfide) groups is 1. The molecule has 158 valence electrons. The maximum atomic E-state index is 12.8. The quantitative estimate of drug-likeness (QED) is 0.565. The Labute approximate surface area is 186 Å². The third kappa shape index (κ3) is 4.44. The number of amides is 2. The monoisotopic (exact) mass is 432 g/mol. The average Bonchev–Trinajstić information content (AvgIpc) is 3.16. The number of rotatable bonds is 6. The van der Waals surface area contributed by atoms with Gasteiger partial charge in [-0.3, -0.25) is 14.5 Å². The number of nitrogens with zero attached hydrogens (tertiary/aromatic N) is 1. The summed E-state index contributed by atoms with van der Waals surface area (Å²) in [5.41, 5.74) is 3.98. The van der Waals surface area contributed by atoms with E-state index in [0.717, 1.165) is 16.8 Å². The molecule has 3 aromatic rings. The van der Waals surface area contributed by atoms with Gasteiger partial charge in [0.15, 0.2) is 0 Å². The van der Waals surface area contributed by atoms with E-state index < -0.39 is 0 Å². The number of hydrogen-bond donors (Lipinski definition) is 1. The predicted octanol–water partition coefficient (Wildman–Crippen LogP) is 5.42. The first-order valence-corrected chi connectivity index (χ1v) is 11.3. The second-order valence-corrected chi connectivity index (χ2v) is 8.29. The number of nitrogens with one attached hydrogen (secondary N) is 1. The molecule has 6 heteroatoms. The Morgan fingerprint density at radius 3 is 2.68 bits per heavy atom. The van der Waals surface area contributed by atoms with Gasteiger partial charge in [0.25, 0.3) is 5.91 Å². The van der Waals surface area contributed by atoms with Crippen LogP contribution in [0, 0.1) is 6.92 Å². The second kappa shape index (κ2) is 9.27. The molecule has 4 rings (SSSR count). The van der Waals surface area contributed by atoms with Crippen molar-refractivity contribution in [1.29, 1.82) is 0 Å². The zero-order valence-electron chi connectivity index (χ0n) is 17.5. The van der Waals surface area contributed by atoms with Crippen molar-refractivity contribution < 1.29 is 14.3 Å². The van der Waals surface area contributed by atoms with Crippen LogP contribution >= 0.6 is 11.8 Å². The van der Waals surface area contributed by atoms with E-state index in [1.165, 1.54) is 0 Å². The van der Waals surface area contributed by atoms with Crippen molar-refractivity contribution in [2.75, 3.05) is 22.6 Å². The maximum Gasteiger partial charge on any atom is 0.255 e. The summed E-state index contributed by atoms with van der Waals surface area (Å²) in [5.74, 6) is 0.973. The number of para-hydroxylation sites is 2. The molecule has 0 aliphatic carbocycles. The minimum Gasteiger partial charge on any atom is -0.492 e. The van der Waals surface area contributed by atoms with Gasteiger partial charge in [0.2, 0.25) is 5.91 Å². The molecule has 1 N–H and O–H groups in total. The minimum atomic E-state index is -0.190. The molecule has 2 amide bonds. The zero-order chi connectivity index (χ0) is 21.8. The Hall–Kier alpha value is -3.25. The van der Waals surface area contributed by atoms with Crippen molar-refractivity contribution in [3.63, 3.8) is 0 Å². The number of benzene rings is 3. The highest BCUT2D eigenvalue weighted by atomic mass is 32.2. The fraction of sp³-hybridized carbons (Fsp3) is 0.200. The summed E-state index contributed by atoms with van der Waals surface area (Å²) in [4.78, 5) is 27.3. The van der Waals surface area contributed by atoms with Gasteiger partial charge in [-0.05, 0) is 55.3 Å². The molecule has 0 unspecified atom stereocenters. The highest BCUT2D eigenvalue weighted by molar-refractivity contribution is 8.00. The summed E-state index contributed by atoms with van der Waals surface area (Å²) in [6, 6.07) is 22.8. The van der Waals surface area contributed by atoms with Crippen molar-refractivity contribution in [2.45, 2.75) is 19.2 Å². The number of anilines is 2. The molecule has 1 aliphatic heterocycles. The van der Waals surface area contributed by atoms with E-state index in [1.807, 2.05) is 86.6 Å². The molecule has 0 spiro atoms. The lowest BCUT2D eigenvalue weighted by molar-refractivity contribution is -0.115. The fourth-order valence-electron chi connectivity index (χ4n) is 3.66. The first-order valence-electron chi connectivity index (χ1n) is 10.2. The summed E-state index contributed by atoms with van der Waals surface area (Å²) in [7, 11) is 0. The van der Waals surface area contributed by atoms with Crippen LogP contribution in [-0.2, 0) is 4.79 Å². The first-order chi connectivity index (χ1) is 15.1. The maximum absolute atomic E-state index is 12.8. The van der Waals surface area contributed by atoms with Crippen LogP contribution in [0.3, 0.4) is 0 Å². The van der Waals surface area contributed by atoms with Crippen LogP contribution in [0.15, 0.2) is 72.8 Å². The van der Waals surface area contributed by atoms with Gasteiger partial charge in [0, 0.05) is 11.3 Å². The summed E-state index contributed by atoms with van der Waals surface area (Å²) in [6.07, 6.45) is 0. The molecule has 0 saturated carbocycles. The van der Waals surface area contributed by atoms with Gasteiger partial charge in [-0.15, -0.1) is 11.8 Å². The molecule has 31 heavy (non-hydrogen) atoms. The lowest BCUT2D eigenvalue weighted by Crippen LogP contribution is -2.28. The lowest BCUT2D eigenvalue weighted by atomic mass is 10.1. The van der Waals surface area contributed by atoms with Crippen molar-refractivity contribution in [3.8, 4) is 5.75 Å². The van der Waals surface area contributed by atoms with Crippen LogP contribution in [-0.4, -0.2) is 24.2 Å². The average molecular weight is 433 g/mol. The van der Waals surface area contributed by atoms with Crippen LogP contribution in [0.4, 0.5) is 11.4 Å². The fourth-order valence-corrected chi connectivity index (χ4v) is 4.82. The molecule has 5 nitrogen and oxygen atoms in total. The normalized spacial score (nSPS) is 15.7. The Morgan fingerprint density at radius 1 is 1.10 bits per heavy atom. The highest BCUT2D eigenvalue weighted by Gasteiger charge is 2.35.